The number of carbonyl (C=O) groups excluding carboxylic acids is 3. The van der Waals surface area contributed by atoms with Crippen molar-refractivity contribution in [3.8, 4) is 23.3 Å². The molecule has 0 radical (unpaired) electrons. The van der Waals surface area contributed by atoms with E-state index in [1.807, 2.05) is 117 Å². The summed E-state index contributed by atoms with van der Waals surface area (Å²) in [6.45, 7) is 28.5. The van der Waals surface area contributed by atoms with E-state index in [2.05, 4.69) is 25.3 Å². The molecule has 380 valence electrons. The van der Waals surface area contributed by atoms with Crippen LogP contribution in [0.1, 0.15) is 128 Å². The lowest BCUT2D eigenvalue weighted by Crippen LogP contribution is -2.31. The Bertz CT molecular complexity index is 3190. The Labute approximate surface area is 423 Å². The van der Waals surface area contributed by atoms with E-state index in [1.54, 1.807) is 32.9 Å². The molecule has 0 aliphatic rings. The van der Waals surface area contributed by atoms with Crippen molar-refractivity contribution in [2.45, 2.75) is 129 Å². The van der Waals surface area contributed by atoms with Crippen LogP contribution >= 0.6 is 22.7 Å². The summed E-state index contributed by atoms with van der Waals surface area (Å²) in [4.78, 5) is 55.0. The maximum absolute atomic E-state index is 13.2. The van der Waals surface area contributed by atoms with Crippen LogP contribution in [-0.4, -0.2) is 60.3 Å². The minimum Gasteiger partial charge on any atom is -0.444 e. The van der Waals surface area contributed by atoms with Crippen molar-refractivity contribution in [2.75, 3.05) is 11.1 Å². The zero-order chi connectivity index (χ0) is 53.2. The summed E-state index contributed by atoms with van der Waals surface area (Å²) < 4.78 is 71.9. The molecule has 0 saturated heterocycles. The lowest BCUT2D eigenvalue weighted by molar-refractivity contribution is 0.0634. The third-order valence-electron chi connectivity index (χ3n) is 9.88. The minimum atomic E-state index is -4.38. The summed E-state index contributed by atoms with van der Waals surface area (Å²) >= 11 is 1.57. The Morgan fingerprint density at radius 1 is 0.563 bits per heavy atom. The first-order valence-electron chi connectivity index (χ1n) is 22.0. The molecule has 71 heavy (non-hydrogen) atoms. The number of nitrogen functional groups attached to an aromatic ring is 1. The van der Waals surface area contributed by atoms with Gasteiger partial charge in [0.25, 0.3) is 31.9 Å². The standard InChI is InChI=1S/C27H34N4O6S2.C22H26N4O4S2/c1-15-12-16(2)21(17(3)13-15)36-23-18(10-11-19(28-23)26(4,5)6)22(32)31-39(34,35)25-30-20(14-38-25)29-24(33)37-27(7,8)9;1-12-9-13(2)18(14(3)10-12)30-20-15(7-8-16(24-20)22(4,5)6)19(27)26-32(28,29)21-25-17(23)11-31-21/h10-14H,1-9H3,(H,29,33)(H,31,32);7-11H,23H2,1-6H3,(H,26,27). The fraction of sp³-hybridized carbons (Fsp3) is 0.367. The van der Waals surface area contributed by atoms with Crippen molar-refractivity contribution < 1.29 is 45.4 Å². The predicted octanol–water partition coefficient (Wildman–Crippen LogP) is 10.3. The number of aromatic nitrogens is 4. The van der Waals surface area contributed by atoms with Gasteiger partial charge in [-0.05, 0) is 109 Å². The van der Waals surface area contributed by atoms with Crippen LogP contribution in [0.25, 0.3) is 0 Å². The number of nitrogens with zero attached hydrogens (tertiary/aromatic N) is 4. The molecule has 0 aliphatic heterocycles. The monoisotopic (exact) mass is 1050 g/mol. The number of thiazole rings is 2. The van der Waals surface area contributed by atoms with E-state index in [9.17, 15) is 31.2 Å². The van der Waals surface area contributed by atoms with E-state index < -0.39 is 47.9 Å². The smallest absolute Gasteiger partial charge is 0.413 e. The number of benzene rings is 2. The number of amides is 3. The van der Waals surface area contributed by atoms with Crippen molar-refractivity contribution in [2.24, 2.45) is 0 Å². The summed E-state index contributed by atoms with van der Waals surface area (Å²) in [5, 5.41) is 5.10. The highest BCUT2D eigenvalue weighted by atomic mass is 32.3. The minimum absolute atomic E-state index is 0.00882. The van der Waals surface area contributed by atoms with Gasteiger partial charge in [-0.3, -0.25) is 14.9 Å². The molecule has 5 N–H and O–H groups in total. The summed E-state index contributed by atoms with van der Waals surface area (Å²) in [6.07, 6.45) is -0.783. The fourth-order valence-corrected chi connectivity index (χ4v) is 10.5. The molecule has 0 spiro atoms. The number of ether oxygens (including phenoxy) is 3. The molecular weight excluding hydrogens is 989 g/mol. The number of nitrogens with one attached hydrogen (secondary N) is 3. The number of hydrogen-bond acceptors (Lipinski definition) is 17. The highest BCUT2D eigenvalue weighted by Crippen LogP contribution is 2.35. The Morgan fingerprint density at radius 2 is 0.944 bits per heavy atom. The highest BCUT2D eigenvalue weighted by Gasteiger charge is 2.30. The summed E-state index contributed by atoms with van der Waals surface area (Å²) in [5.41, 5.74) is 11.0. The molecule has 0 bridgehead atoms. The predicted molar refractivity (Wildman–Crippen MR) is 275 cm³/mol. The topological polar surface area (TPSA) is 261 Å². The zero-order valence-electron chi connectivity index (χ0n) is 42.4. The number of sulfonamides is 2. The van der Waals surface area contributed by atoms with Crippen LogP contribution in [0, 0.1) is 41.5 Å². The molecular formula is C49H60N8O10S4. The van der Waals surface area contributed by atoms with Gasteiger partial charge in [0.1, 0.15) is 39.9 Å². The van der Waals surface area contributed by atoms with E-state index in [4.69, 9.17) is 19.9 Å². The molecule has 0 saturated carbocycles. The molecule has 0 unspecified atom stereocenters. The third-order valence-corrected chi connectivity index (χ3v) is 15.1. The van der Waals surface area contributed by atoms with Gasteiger partial charge in [0, 0.05) is 33.0 Å². The molecule has 3 amide bonds. The maximum atomic E-state index is 13.2. The molecule has 4 aromatic heterocycles. The van der Waals surface area contributed by atoms with Gasteiger partial charge in [-0.1, -0.05) is 76.9 Å². The second-order valence-corrected chi connectivity index (χ2v) is 25.2. The van der Waals surface area contributed by atoms with E-state index in [-0.39, 0.29) is 49.7 Å². The number of hydrogen-bond donors (Lipinski definition) is 4. The van der Waals surface area contributed by atoms with Crippen LogP contribution in [0.4, 0.5) is 16.4 Å². The van der Waals surface area contributed by atoms with E-state index in [0.29, 0.717) is 22.9 Å². The van der Waals surface area contributed by atoms with Gasteiger partial charge >= 0.3 is 6.09 Å². The molecule has 22 heteroatoms. The first-order valence-corrected chi connectivity index (χ1v) is 26.7. The van der Waals surface area contributed by atoms with Gasteiger partial charge in [-0.15, -0.1) is 22.7 Å². The van der Waals surface area contributed by atoms with Crippen LogP contribution in [0.5, 0.6) is 23.3 Å². The van der Waals surface area contributed by atoms with Gasteiger partial charge in [-0.2, -0.15) is 16.8 Å². The van der Waals surface area contributed by atoms with E-state index in [1.165, 1.54) is 22.9 Å². The normalized spacial score (nSPS) is 12.0. The van der Waals surface area contributed by atoms with Crippen LogP contribution < -0.4 is 30.0 Å². The average molecular weight is 1050 g/mol. The molecule has 2 aromatic carbocycles. The Balaban J connectivity index is 0.000000269. The van der Waals surface area contributed by atoms with Gasteiger partial charge in [0.15, 0.2) is 0 Å². The van der Waals surface area contributed by atoms with Crippen molar-refractivity contribution in [1.82, 2.24) is 29.4 Å². The Hall–Kier alpha value is -6.49. The summed E-state index contributed by atoms with van der Waals surface area (Å²) in [7, 11) is -8.57. The SMILES string of the molecule is Cc1cc(C)c(Oc2nc(C(C)(C)C)ccc2C(=O)NS(=O)(=O)c2nc(N)cs2)c(C)c1.Cc1cc(C)c(Oc2nc(C(C)(C)C)ccc2C(=O)NS(=O)(=O)c2nc(NC(=O)OC(C)(C)C)cs2)c(C)c1. The summed E-state index contributed by atoms with van der Waals surface area (Å²) in [5.74, 6) is -0.648. The lowest BCUT2D eigenvalue weighted by Gasteiger charge is -2.21. The largest absolute Gasteiger partial charge is 0.444 e. The Morgan fingerprint density at radius 3 is 1.30 bits per heavy atom. The van der Waals surface area contributed by atoms with Crippen LogP contribution in [0.3, 0.4) is 0 Å². The second kappa shape index (κ2) is 21.1. The quantitative estimate of drug-likeness (QED) is 0.0940. The van der Waals surface area contributed by atoms with Gasteiger partial charge in [0.05, 0.1) is 0 Å². The van der Waals surface area contributed by atoms with Gasteiger partial charge < -0.3 is 19.9 Å². The zero-order valence-corrected chi connectivity index (χ0v) is 45.6. The maximum Gasteiger partial charge on any atom is 0.413 e. The van der Waals surface area contributed by atoms with Crippen molar-refractivity contribution >= 4 is 72.3 Å². The molecule has 0 fully saturated rings. The highest BCUT2D eigenvalue weighted by molar-refractivity contribution is 7.92. The van der Waals surface area contributed by atoms with Crippen LogP contribution in [0.15, 0.2) is 68.0 Å². The first-order chi connectivity index (χ1) is 32.6. The number of pyridine rings is 2. The molecule has 6 rings (SSSR count). The number of aryl methyl sites for hydroxylation is 6. The van der Waals surface area contributed by atoms with Gasteiger partial charge in [-0.25, -0.2) is 34.2 Å². The number of rotatable bonds is 11. The van der Waals surface area contributed by atoms with Crippen LogP contribution in [0.2, 0.25) is 0 Å². The average Bonchev–Trinajstić information content (AvgIpc) is 3.89. The first kappa shape index (κ1) is 55.4. The van der Waals surface area contributed by atoms with Crippen molar-refractivity contribution in [1.29, 1.82) is 0 Å². The van der Waals surface area contributed by atoms with Gasteiger partial charge in [0.2, 0.25) is 20.4 Å². The fourth-order valence-electron chi connectivity index (χ4n) is 6.75. The third kappa shape index (κ3) is 14.5. The van der Waals surface area contributed by atoms with Crippen molar-refractivity contribution in [3.05, 3.63) is 115 Å². The Kier molecular flexibility index (Phi) is 16.5. The molecule has 0 aliphatic carbocycles. The summed E-state index contributed by atoms with van der Waals surface area (Å²) in [6, 6.07) is 14.2. The second-order valence-electron chi connectivity index (χ2n) is 19.8. The number of anilines is 2. The molecule has 6 aromatic rings. The number of carbonyl (C=O) groups is 3. The lowest BCUT2D eigenvalue weighted by atomic mass is 9.91. The van der Waals surface area contributed by atoms with Crippen LogP contribution in [-0.2, 0) is 35.6 Å². The van der Waals surface area contributed by atoms with E-state index in [0.717, 1.165) is 56.1 Å². The molecule has 18 nitrogen and oxygen atoms in total. The molecule has 0 atom stereocenters. The molecule has 4 heterocycles. The van der Waals surface area contributed by atoms with E-state index >= 15 is 0 Å². The van der Waals surface area contributed by atoms with Crippen molar-refractivity contribution in [3.63, 3.8) is 0 Å². The number of nitrogens with two attached hydrogens (primary N) is 1.